The number of amides is 4. The van der Waals surface area contributed by atoms with Crippen LogP contribution in [0.15, 0.2) is 24.3 Å². The van der Waals surface area contributed by atoms with Gasteiger partial charge >= 0.3 is 0 Å². The van der Waals surface area contributed by atoms with E-state index in [1.807, 2.05) is 18.2 Å². The number of carbonyl (C=O) groups excluding carboxylic acids is 4. The molecule has 1 aromatic rings. The van der Waals surface area contributed by atoms with Gasteiger partial charge in [0.15, 0.2) is 0 Å². The van der Waals surface area contributed by atoms with Gasteiger partial charge in [-0.25, -0.2) is 0 Å². The average molecular weight is 489 g/mol. The number of thiol groups is 1. The van der Waals surface area contributed by atoms with E-state index in [1.165, 1.54) is 0 Å². The number of rotatable bonds is 5. The average Bonchev–Trinajstić information content (AvgIpc) is 3.32. The number of para-hydroxylation sites is 1. The van der Waals surface area contributed by atoms with E-state index in [1.54, 1.807) is 11.0 Å². The Hall–Kier alpha value is -2.55. The van der Waals surface area contributed by atoms with Crippen molar-refractivity contribution in [2.75, 3.05) is 24.2 Å². The van der Waals surface area contributed by atoms with E-state index in [-0.39, 0.29) is 30.0 Å². The van der Waals surface area contributed by atoms with Crippen LogP contribution in [-0.2, 0) is 25.6 Å². The molecule has 2 heterocycles. The number of fused-ring (bicyclic) bond motifs is 2. The van der Waals surface area contributed by atoms with Crippen molar-refractivity contribution in [2.45, 2.75) is 76.3 Å². The smallest absolute Gasteiger partial charge is 0.243 e. The Morgan fingerprint density at radius 1 is 0.971 bits per heavy atom. The quantitative estimate of drug-likeness (QED) is 0.377. The van der Waals surface area contributed by atoms with Crippen molar-refractivity contribution in [3.8, 4) is 0 Å². The molecule has 3 N–H and O–H groups in total. The summed E-state index contributed by atoms with van der Waals surface area (Å²) in [6.45, 7) is 0.948. The van der Waals surface area contributed by atoms with Crippen LogP contribution in [0.4, 0.5) is 5.69 Å². The lowest BCUT2D eigenvalue weighted by Crippen LogP contribution is -2.53. The highest BCUT2D eigenvalue weighted by atomic mass is 32.1. The van der Waals surface area contributed by atoms with Gasteiger partial charge in [0.25, 0.3) is 0 Å². The number of unbranched alkanes of at least 4 members (excludes halogenated alkanes) is 2. The maximum Gasteiger partial charge on any atom is 0.243 e. The molecule has 1 saturated heterocycles. The van der Waals surface area contributed by atoms with Crippen LogP contribution in [0.2, 0.25) is 0 Å². The van der Waals surface area contributed by atoms with Crippen molar-refractivity contribution in [1.29, 1.82) is 0 Å². The predicted octanol–water partition coefficient (Wildman–Crippen LogP) is 2.43. The largest absolute Gasteiger partial charge is 0.354 e. The molecular weight excluding hydrogens is 452 g/mol. The van der Waals surface area contributed by atoms with Gasteiger partial charge in [0.1, 0.15) is 12.1 Å². The lowest BCUT2D eigenvalue weighted by atomic mass is 10.1. The molecule has 1 fully saturated rings. The zero-order valence-electron chi connectivity index (χ0n) is 19.7. The number of nitrogens with one attached hydrogen (secondary N) is 3. The third-order valence-electron chi connectivity index (χ3n) is 6.42. The summed E-state index contributed by atoms with van der Waals surface area (Å²) in [4.78, 5) is 53.2. The third kappa shape index (κ3) is 7.48. The zero-order chi connectivity index (χ0) is 24.3. The van der Waals surface area contributed by atoms with E-state index in [9.17, 15) is 19.2 Å². The van der Waals surface area contributed by atoms with Gasteiger partial charge in [-0.1, -0.05) is 31.0 Å². The summed E-state index contributed by atoms with van der Waals surface area (Å²) in [5.74, 6) is 0.0355. The van der Waals surface area contributed by atoms with Crippen LogP contribution in [0.3, 0.4) is 0 Å². The van der Waals surface area contributed by atoms with Crippen LogP contribution >= 0.6 is 12.6 Å². The van der Waals surface area contributed by atoms with Crippen LogP contribution in [-0.4, -0.2) is 59.5 Å². The fourth-order valence-electron chi connectivity index (χ4n) is 4.53. The number of nitrogens with zero attached hydrogens (tertiary/aromatic N) is 1. The van der Waals surface area contributed by atoms with Crippen LogP contribution < -0.4 is 16.0 Å². The highest BCUT2D eigenvalue weighted by Gasteiger charge is 2.35. The number of carbonyl (C=O) groups is 4. The van der Waals surface area contributed by atoms with E-state index in [0.717, 1.165) is 37.0 Å². The van der Waals surface area contributed by atoms with Gasteiger partial charge in [-0.2, -0.15) is 12.6 Å². The molecule has 0 spiro atoms. The predicted molar refractivity (Wildman–Crippen MR) is 135 cm³/mol. The van der Waals surface area contributed by atoms with E-state index in [2.05, 4.69) is 28.6 Å². The summed E-state index contributed by atoms with van der Waals surface area (Å²) in [5.41, 5.74) is 1.36. The van der Waals surface area contributed by atoms with Gasteiger partial charge in [-0.05, 0) is 55.9 Å². The van der Waals surface area contributed by atoms with E-state index in [4.69, 9.17) is 0 Å². The highest BCUT2D eigenvalue weighted by Crippen LogP contribution is 2.22. The van der Waals surface area contributed by atoms with Crippen LogP contribution in [0.25, 0.3) is 0 Å². The van der Waals surface area contributed by atoms with E-state index < -0.39 is 12.1 Å². The third-order valence-corrected chi connectivity index (χ3v) is 6.74. The normalized spacial score (nSPS) is 22.8. The number of benzene rings is 1. The number of hydrogen-bond donors (Lipinski definition) is 4. The number of anilines is 1. The van der Waals surface area contributed by atoms with Gasteiger partial charge in [0.2, 0.25) is 23.6 Å². The molecule has 0 bridgehead atoms. The zero-order valence-corrected chi connectivity index (χ0v) is 20.6. The van der Waals surface area contributed by atoms with Gasteiger partial charge in [0.05, 0.1) is 6.42 Å². The standard InChI is InChI=1S/C25H36N4O4S/c30-22-13-5-6-14-26-24(32)20(11-2-1-7-16-34)28-25(33)21-12-8-15-29(21)23(31)17-18-9-3-4-10-19(18)27-22/h3-4,9-10,20-21,34H,1-2,5-8,11-17H2,(H,26,32)(H,27,30)(H,28,33)/t20-,21-/m0/s1. The van der Waals surface area contributed by atoms with Crippen LogP contribution in [0, 0.1) is 0 Å². The van der Waals surface area contributed by atoms with Crippen molar-refractivity contribution in [1.82, 2.24) is 15.5 Å². The minimum atomic E-state index is -0.635. The molecule has 0 unspecified atom stereocenters. The Labute approximate surface area is 207 Å². The monoisotopic (exact) mass is 488 g/mol. The Morgan fingerprint density at radius 2 is 1.79 bits per heavy atom. The summed E-state index contributed by atoms with van der Waals surface area (Å²) >= 11 is 4.23. The first-order chi connectivity index (χ1) is 16.5. The Balaban J connectivity index is 1.78. The second-order valence-corrected chi connectivity index (χ2v) is 9.46. The molecule has 8 nitrogen and oxygen atoms in total. The molecule has 0 radical (unpaired) electrons. The second kappa shape index (κ2) is 13.4. The van der Waals surface area contributed by atoms with Gasteiger partial charge < -0.3 is 20.9 Å². The van der Waals surface area contributed by atoms with Gasteiger partial charge in [-0.15, -0.1) is 0 Å². The topological polar surface area (TPSA) is 108 Å². The van der Waals surface area contributed by atoms with Crippen molar-refractivity contribution in [3.05, 3.63) is 29.8 Å². The SMILES string of the molecule is O=C1CCCCNC(=O)[C@H](CCCCCS)NC(=O)[C@@H]2CCCN2C(=O)Cc2ccccc2N1. The lowest BCUT2D eigenvalue weighted by molar-refractivity contribution is -0.139. The first-order valence-corrected chi connectivity index (χ1v) is 13.0. The lowest BCUT2D eigenvalue weighted by Gasteiger charge is -2.27. The first-order valence-electron chi connectivity index (χ1n) is 12.4. The summed E-state index contributed by atoms with van der Waals surface area (Å²) < 4.78 is 0. The molecule has 0 aromatic heterocycles. The maximum absolute atomic E-state index is 13.2. The fourth-order valence-corrected chi connectivity index (χ4v) is 4.75. The van der Waals surface area contributed by atoms with E-state index >= 15 is 0 Å². The molecule has 9 heteroatoms. The Kier molecular flexibility index (Phi) is 10.2. The van der Waals surface area contributed by atoms with Crippen molar-refractivity contribution in [3.63, 3.8) is 0 Å². The Bertz CT molecular complexity index is 878. The summed E-state index contributed by atoms with van der Waals surface area (Å²) in [5, 5.41) is 8.74. The molecule has 2 aliphatic rings. The molecule has 34 heavy (non-hydrogen) atoms. The molecule has 4 amide bonds. The first kappa shape index (κ1) is 26.1. The molecule has 0 aliphatic carbocycles. The molecule has 0 saturated carbocycles. The summed E-state index contributed by atoms with van der Waals surface area (Å²) in [7, 11) is 0. The molecule has 1 aromatic carbocycles. The van der Waals surface area contributed by atoms with E-state index in [0.29, 0.717) is 50.9 Å². The van der Waals surface area contributed by atoms with Gasteiger partial charge in [-0.3, -0.25) is 19.2 Å². The fraction of sp³-hybridized carbons (Fsp3) is 0.600. The van der Waals surface area contributed by atoms with Crippen molar-refractivity contribution in [2.24, 2.45) is 0 Å². The molecule has 2 aliphatic heterocycles. The maximum atomic E-state index is 13.2. The molecule has 2 atom stereocenters. The Morgan fingerprint density at radius 3 is 2.62 bits per heavy atom. The molecular formula is C25H36N4O4S. The molecule has 186 valence electrons. The molecule has 3 rings (SSSR count). The van der Waals surface area contributed by atoms with Crippen LogP contribution in [0.1, 0.15) is 63.4 Å². The van der Waals surface area contributed by atoms with Crippen molar-refractivity contribution >= 4 is 41.9 Å². The number of hydrogen-bond acceptors (Lipinski definition) is 5. The van der Waals surface area contributed by atoms with Gasteiger partial charge in [0, 0.05) is 25.2 Å². The van der Waals surface area contributed by atoms with Crippen LogP contribution in [0.5, 0.6) is 0 Å². The highest BCUT2D eigenvalue weighted by molar-refractivity contribution is 7.80. The van der Waals surface area contributed by atoms with Crippen molar-refractivity contribution < 1.29 is 19.2 Å². The summed E-state index contributed by atoms with van der Waals surface area (Å²) in [6, 6.07) is 6.06. The second-order valence-electron chi connectivity index (χ2n) is 9.01. The minimum absolute atomic E-state index is 0.105. The minimum Gasteiger partial charge on any atom is -0.354 e. The summed E-state index contributed by atoms with van der Waals surface area (Å²) in [6.07, 6.45) is 6.28.